The van der Waals surface area contributed by atoms with E-state index < -0.39 is 21.0 Å². The maximum absolute atomic E-state index is 12.9. The topological polar surface area (TPSA) is 109 Å². The number of amides is 1. The van der Waals surface area contributed by atoms with E-state index >= 15 is 0 Å². The number of phenols is 1. The van der Waals surface area contributed by atoms with Crippen LogP contribution in [0.2, 0.25) is 0 Å². The highest BCUT2D eigenvalue weighted by Gasteiger charge is 2.15. The van der Waals surface area contributed by atoms with Crippen molar-refractivity contribution in [3.8, 4) is 5.75 Å². The van der Waals surface area contributed by atoms with Gasteiger partial charge >= 0.3 is 10.2 Å². The van der Waals surface area contributed by atoms with Crippen LogP contribution in [0.3, 0.4) is 0 Å². The molecule has 8 heteroatoms. The van der Waals surface area contributed by atoms with Crippen LogP contribution in [-0.2, 0) is 10.2 Å². The molecule has 2 rings (SSSR count). The van der Waals surface area contributed by atoms with Crippen molar-refractivity contribution in [1.29, 1.82) is 0 Å². The summed E-state index contributed by atoms with van der Waals surface area (Å²) in [6, 6.07) is 8.60. The molecule has 2 aromatic carbocycles. The van der Waals surface area contributed by atoms with Crippen LogP contribution in [0.5, 0.6) is 5.75 Å². The number of anilines is 2. The van der Waals surface area contributed by atoms with E-state index in [0.717, 1.165) is 12.1 Å². The lowest BCUT2D eigenvalue weighted by Crippen LogP contribution is -2.12. The van der Waals surface area contributed by atoms with E-state index in [2.05, 4.69) is 5.32 Å². The molecule has 0 atom stereocenters. The Bertz CT molecular complexity index is 806. The Morgan fingerprint density at radius 1 is 1.19 bits per heavy atom. The van der Waals surface area contributed by atoms with Crippen molar-refractivity contribution in [2.45, 2.75) is 4.90 Å². The number of rotatable bonds is 3. The summed E-state index contributed by atoms with van der Waals surface area (Å²) in [4.78, 5) is 11.3. The highest BCUT2D eigenvalue weighted by Crippen LogP contribution is 2.26. The minimum Gasteiger partial charge on any atom is -0.506 e. The molecule has 0 aliphatic heterocycles. The van der Waals surface area contributed by atoms with Crippen molar-refractivity contribution < 1.29 is 22.2 Å². The number of hydrogen-bond donors (Lipinski definition) is 3. The van der Waals surface area contributed by atoms with Crippen molar-refractivity contribution in [2.24, 2.45) is 0 Å². The van der Waals surface area contributed by atoms with Crippen LogP contribution in [0.4, 0.5) is 15.3 Å². The van der Waals surface area contributed by atoms with Gasteiger partial charge < -0.3 is 16.2 Å². The van der Waals surface area contributed by atoms with Gasteiger partial charge in [-0.25, -0.2) is 0 Å². The molecule has 0 spiro atoms. The molecule has 110 valence electrons. The summed E-state index contributed by atoms with van der Waals surface area (Å²) >= 11 is 0. The molecule has 21 heavy (non-hydrogen) atoms. The molecule has 0 aliphatic carbocycles. The number of carbonyl (C=O) groups is 1. The van der Waals surface area contributed by atoms with Crippen LogP contribution < -0.4 is 11.1 Å². The number of nitrogens with two attached hydrogens (primary N) is 1. The monoisotopic (exact) mass is 310 g/mol. The fourth-order valence-corrected chi connectivity index (χ4v) is 2.15. The zero-order valence-corrected chi connectivity index (χ0v) is 11.4. The lowest BCUT2D eigenvalue weighted by molar-refractivity contribution is 0.102. The largest absolute Gasteiger partial charge is 0.506 e. The van der Waals surface area contributed by atoms with Gasteiger partial charge in [0.15, 0.2) is 0 Å². The summed E-state index contributed by atoms with van der Waals surface area (Å²) in [5.41, 5.74) is 5.81. The zero-order chi connectivity index (χ0) is 15.6. The lowest BCUT2D eigenvalue weighted by atomic mass is 10.2. The summed E-state index contributed by atoms with van der Waals surface area (Å²) in [6.45, 7) is 0. The van der Waals surface area contributed by atoms with Crippen LogP contribution in [0.1, 0.15) is 10.4 Å². The quantitative estimate of drug-likeness (QED) is 0.455. The maximum atomic E-state index is 12.9. The van der Waals surface area contributed by atoms with E-state index in [1.165, 1.54) is 30.3 Å². The number of phenolic OH excluding ortho intramolecular Hbond substituents is 1. The fraction of sp³-hybridized carbons (Fsp3) is 0. The molecule has 0 saturated heterocycles. The van der Waals surface area contributed by atoms with E-state index in [1.807, 2.05) is 0 Å². The van der Waals surface area contributed by atoms with Crippen LogP contribution in [-0.4, -0.2) is 19.4 Å². The minimum atomic E-state index is -4.89. The Morgan fingerprint density at radius 2 is 1.90 bits per heavy atom. The number of hydrogen-bond acceptors (Lipinski definition) is 5. The summed E-state index contributed by atoms with van der Waals surface area (Å²) in [7, 11) is -4.89. The average molecular weight is 310 g/mol. The predicted octanol–water partition coefficient (Wildman–Crippen LogP) is 1.88. The molecule has 0 radical (unpaired) electrons. The Balaban J connectivity index is 2.29. The molecule has 6 nitrogen and oxygen atoms in total. The number of nitrogens with one attached hydrogen (secondary N) is 1. The van der Waals surface area contributed by atoms with Crippen molar-refractivity contribution in [1.82, 2.24) is 0 Å². The van der Waals surface area contributed by atoms with Crippen LogP contribution in [0.25, 0.3) is 0 Å². The maximum Gasteiger partial charge on any atom is 0.332 e. The molecule has 0 aliphatic rings. The van der Waals surface area contributed by atoms with Gasteiger partial charge in [0.25, 0.3) is 5.91 Å². The number of benzene rings is 2. The molecule has 0 saturated carbocycles. The van der Waals surface area contributed by atoms with Crippen molar-refractivity contribution >= 4 is 27.5 Å². The van der Waals surface area contributed by atoms with E-state index in [-0.39, 0.29) is 17.0 Å². The van der Waals surface area contributed by atoms with Crippen molar-refractivity contribution in [3.05, 3.63) is 48.0 Å². The van der Waals surface area contributed by atoms with E-state index in [4.69, 9.17) is 5.73 Å². The summed E-state index contributed by atoms with van der Waals surface area (Å²) in [6.07, 6.45) is 0. The molecule has 4 N–H and O–H groups in total. The highest BCUT2D eigenvalue weighted by atomic mass is 32.3. The van der Waals surface area contributed by atoms with E-state index in [0.29, 0.717) is 5.69 Å². The Kier molecular flexibility index (Phi) is 3.81. The van der Waals surface area contributed by atoms with Gasteiger partial charge in [0.1, 0.15) is 5.75 Å². The van der Waals surface area contributed by atoms with E-state index in [1.54, 1.807) is 0 Å². The van der Waals surface area contributed by atoms with Crippen molar-refractivity contribution in [2.75, 3.05) is 11.1 Å². The second kappa shape index (κ2) is 5.41. The Labute approximate surface area is 120 Å². The third kappa shape index (κ3) is 3.48. The van der Waals surface area contributed by atoms with Gasteiger partial charge in [0, 0.05) is 17.3 Å². The van der Waals surface area contributed by atoms with Gasteiger partial charge in [-0.1, -0.05) is 6.07 Å². The second-order valence-electron chi connectivity index (χ2n) is 4.20. The number of nitrogen functional groups attached to an aromatic ring is 1. The number of aromatic hydroxyl groups is 1. The minimum absolute atomic E-state index is 0.0649. The second-order valence-corrected chi connectivity index (χ2v) is 5.54. The third-order valence-corrected chi connectivity index (χ3v) is 3.46. The van der Waals surface area contributed by atoms with Gasteiger partial charge in [-0.15, -0.1) is 3.89 Å². The first-order valence-electron chi connectivity index (χ1n) is 5.72. The van der Waals surface area contributed by atoms with Crippen LogP contribution in [0, 0.1) is 0 Å². The molecular weight excluding hydrogens is 299 g/mol. The molecular formula is C13H11FN2O4S. The van der Waals surface area contributed by atoms with Crippen LogP contribution in [0.15, 0.2) is 47.4 Å². The normalized spacial score (nSPS) is 11.1. The van der Waals surface area contributed by atoms with E-state index in [9.17, 15) is 22.2 Å². The number of carbonyl (C=O) groups excluding carboxylic acids is 1. The van der Waals surface area contributed by atoms with Crippen LogP contribution >= 0.6 is 0 Å². The predicted molar refractivity (Wildman–Crippen MR) is 75.2 cm³/mol. The Morgan fingerprint density at radius 3 is 2.52 bits per heavy atom. The Hall–Kier alpha value is -2.61. The average Bonchev–Trinajstić information content (AvgIpc) is 2.41. The molecule has 0 aromatic heterocycles. The van der Waals surface area contributed by atoms with Gasteiger partial charge in [-0.05, 0) is 30.3 Å². The molecule has 2 aromatic rings. The summed E-state index contributed by atoms with van der Waals surface area (Å²) < 4.78 is 34.5. The smallest absolute Gasteiger partial charge is 0.332 e. The summed E-state index contributed by atoms with van der Waals surface area (Å²) in [5, 5.41) is 12.0. The molecule has 0 fully saturated rings. The van der Waals surface area contributed by atoms with Gasteiger partial charge in [0.2, 0.25) is 0 Å². The first kappa shape index (κ1) is 14.8. The van der Waals surface area contributed by atoms with Gasteiger partial charge in [-0.3, -0.25) is 4.79 Å². The third-order valence-electron chi connectivity index (χ3n) is 2.65. The molecule has 0 unspecified atom stereocenters. The van der Waals surface area contributed by atoms with Crippen molar-refractivity contribution in [3.63, 3.8) is 0 Å². The van der Waals surface area contributed by atoms with Gasteiger partial charge in [-0.2, -0.15) is 8.42 Å². The fourth-order valence-electron chi connectivity index (χ4n) is 1.64. The highest BCUT2D eigenvalue weighted by molar-refractivity contribution is 7.86. The SMILES string of the molecule is Nc1ccc(NC(=O)c2cccc(S(=O)(=O)F)c2)c(O)c1. The molecule has 0 bridgehead atoms. The standard InChI is InChI=1S/C13H11FN2O4S/c14-21(19,20)10-3-1-2-8(6-10)13(18)16-11-5-4-9(15)7-12(11)17/h1-7,17H,15H2,(H,16,18). The summed E-state index contributed by atoms with van der Waals surface area (Å²) in [5.74, 6) is -0.932. The first-order chi connectivity index (χ1) is 9.77. The lowest BCUT2D eigenvalue weighted by Gasteiger charge is -2.08. The number of halogens is 1. The molecule has 0 heterocycles. The first-order valence-corrected chi connectivity index (χ1v) is 7.10. The van der Waals surface area contributed by atoms with Gasteiger partial charge in [0.05, 0.1) is 10.6 Å². The molecule has 1 amide bonds. The zero-order valence-electron chi connectivity index (χ0n) is 10.6.